The molecule has 1 unspecified atom stereocenters. The predicted octanol–water partition coefficient (Wildman–Crippen LogP) is 0.0971. The van der Waals surface area contributed by atoms with Crippen molar-refractivity contribution < 1.29 is 9.90 Å². The standard InChI is InChI=1S/C10H20N2O2/c1-2-9(11)10(14)12(6-7-13)8-4-3-5-8/h8-9,13H,2-7,11H2,1H3. The zero-order chi connectivity index (χ0) is 10.6. The van der Waals surface area contributed by atoms with Crippen LogP contribution in [-0.4, -0.2) is 41.1 Å². The summed E-state index contributed by atoms with van der Waals surface area (Å²) in [5, 5.41) is 8.87. The molecule has 14 heavy (non-hydrogen) atoms. The summed E-state index contributed by atoms with van der Waals surface area (Å²) in [5.41, 5.74) is 5.69. The molecular weight excluding hydrogens is 180 g/mol. The van der Waals surface area contributed by atoms with Crippen LogP contribution in [0.3, 0.4) is 0 Å². The molecule has 0 aromatic heterocycles. The molecule has 1 aliphatic carbocycles. The lowest BCUT2D eigenvalue weighted by Gasteiger charge is -2.38. The van der Waals surface area contributed by atoms with Crippen LogP contribution < -0.4 is 5.73 Å². The molecular formula is C10H20N2O2. The highest BCUT2D eigenvalue weighted by molar-refractivity contribution is 5.82. The molecule has 4 heteroatoms. The van der Waals surface area contributed by atoms with E-state index in [1.54, 1.807) is 4.90 Å². The fourth-order valence-corrected chi connectivity index (χ4v) is 1.67. The van der Waals surface area contributed by atoms with Crippen molar-refractivity contribution >= 4 is 5.91 Å². The second-order valence-corrected chi connectivity index (χ2v) is 3.85. The molecule has 3 N–H and O–H groups in total. The van der Waals surface area contributed by atoms with E-state index >= 15 is 0 Å². The molecule has 0 radical (unpaired) electrons. The zero-order valence-electron chi connectivity index (χ0n) is 8.78. The van der Waals surface area contributed by atoms with Crippen molar-refractivity contribution in [1.29, 1.82) is 0 Å². The Morgan fingerprint density at radius 2 is 2.29 bits per heavy atom. The van der Waals surface area contributed by atoms with Crippen LogP contribution in [0, 0.1) is 0 Å². The van der Waals surface area contributed by atoms with E-state index in [2.05, 4.69) is 0 Å². The van der Waals surface area contributed by atoms with E-state index in [1.807, 2.05) is 6.92 Å². The zero-order valence-corrected chi connectivity index (χ0v) is 8.78. The number of hydrogen-bond acceptors (Lipinski definition) is 3. The first kappa shape index (κ1) is 11.5. The Labute approximate surface area is 85.1 Å². The van der Waals surface area contributed by atoms with Crippen LogP contribution in [0.2, 0.25) is 0 Å². The molecule has 0 saturated heterocycles. The van der Waals surface area contributed by atoms with Crippen LogP contribution in [0.15, 0.2) is 0 Å². The van der Waals surface area contributed by atoms with Gasteiger partial charge in [-0.15, -0.1) is 0 Å². The van der Waals surface area contributed by atoms with Crippen molar-refractivity contribution in [3.05, 3.63) is 0 Å². The van der Waals surface area contributed by atoms with Crippen LogP contribution in [0.25, 0.3) is 0 Å². The minimum absolute atomic E-state index is 0.00810. The number of aliphatic hydroxyl groups excluding tert-OH is 1. The Kier molecular flexibility index (Phi) is 4.35. The Morgan fingerprint density at radius 1 is 1.64 bits per heavy atom. The van der Waals surface area contributed by atoms with E-state index in [1.165, 1.54) is 6.42 Å². The van der Waals surface area contributed by atoms with Gasteiger partial charge in [-0.2, -0.15) is 0 Å². The minimum Gasteiger partial charge on any atom is -0.395 e. The molecule has 0 spiro atoms. The molecule has 0 aliphatic heterocycles. The highest BCUT2D eigenvalue weighted by Gasteiger charge is 2.30. The second-order valence-electron chi connectivity index (χ2n) is 3.85. The minimum atomic E-state index is -0.401. The first-order valence-corrected chi connectivity index (χ1v) is 5.37. The van der Waals surface area contributed by atoms with Gasteiger partial charge in [0.25, 0.3) is 0 Å². The molecule has 4 nitrogen and oxygen atoms in total. The van der Waals surface area contributed by atoms with E-state index in [9.17, 15) is 4.79 Å². The first-order chi connectivity index (χ1) is 6.70. The number of nitrogens with two attached hydrogens (primary N) is 1. The van der Waals surface area contributed by atoms with Gasteiger partial charge < -0.3 is 15.7 Å². The largest absolute Gasteiger partial charge is 0.395 e. The molecule has 1 amide bonds. The Balaban J connectivity index is 2.51. The number of aliphatic hydroxyl groups is 1. The maximum atomic E-state index is 11.8. The van der Waals surface area contributed by atoms with E-state index in [0.29, 0.717) is 19.0 Å². The summed E-state index contributed by atoms with van der Waals surface area (Å²) in [6, 6.07) is -0.0746. The van der Waals surface area contributed by atoms with Gasteiger partial charge in [-0.25, -0.2) is 0 Å². The van der Waals surface area contributed by atoms with Crippen LogP contribution in [0.4, 0.5) is 0 Å². The van der Waals surface area contributed by atoms with Crippen LogP contribution in [0.1, 0.15) is 32.6 Å². The van der Waals surface area contributed by atoms with E-state index in [0.717, 1.165) is 12.8 Å². The summed E-state index contributed by atoms with van der Waals surface area (Å²) in [6.07, 6.45) is 3.96. The van der Waals surface area contributed by atoms with Crippen LogP contribution >= 0.6 is 0 Å². The fraction of sp³-hybridized carbons (Fsp3) is 0.900. The highest BCUT2D eigenvalue weighted by Crippen LogP contribution is 2.25. The number of rotatable bonds is 5. The van der Waals surface area contributed by atoms with Gasteiger partial charge in [0.2, 0.25) is 5.91 Å². The fourth-order valence-electron chi connectivity index (χ4n) is 1.67. The van der Waals surface area contributed by atoms with Gasteiger partial charge >= 0.3 is 0 Å². The van der Waals surface area contributed by atoms with Gasteiger partial charge in [0.05, 0.1) is 12.6 Å². The van der Waals surface area contributed by atoms with Crippen molar-refractivity contribution in [2.75, 3.05) is 13.2 Å². The van der Waals surface area contributed by atoms with E-state index in [-0.39, 0.29) is 12.5 Å². The molecule has 1 fully saturated rings. The summed E-state index contributed by atoms with van der Waals surface area (Å²) < 4.78 is 0. The van der Waals surface area contributed by atoms with Crippen molar-refractivity contribution in [1.82, 2.24) is 4.90 Å². The molecule has 1 atom stereocenters. The normalized spacial score (nSPS) is 18.8. The number of hydrogen-bond donors (Lipinski definition) is 2. The summed E-state index contributed by atoms with van der Waals surface area (Å²) in [4.78, 5) is 13.5. The molecule has 1 saturated carbocycles. The Hall–Kier alpha value is -0.610. The molecule has 1 aliphatic rings. The summed E-state index contributed by atoms with van der Waals surface area (Å²) in [6.45, 7) is 2.36. The maximum Gasteiger partial charge on any atom is 0.239 e. The lowest BCUT2D eigenvalue weighted by Crippen LogP contribution is -2.51. The second kappa shape index (κ2) is 5.32. The SMILES string of the molecule is CCC(N)C(=O)N(CCO)C1CCC1. The molecule has 0 aromatic rings. The molecule has 0 heterocycles. The van der Waals surface area contributed by atoms with Crippen LogP contribution in [-0.2, 0) is 4.79 Å². The van der Waals surface area contributed by atoms with Crippen molar-refractivity contribution in [3.63, 3.8) is 0 Å². The smallest absolute Gasteiger partial charge is 0.239 e. The topological polar surface area (TPSA) is 66.6 Å². The molecule has 82 valence electrons. The van der Waals surface area contributed by atoms with Gasteiger partial charge in [-0.3, -0.25) is 4.79 Å². The number of nitrogens with zero attached hydrogens (tertiary/aromatic N) is 1. The highest BCUT2D eigenvalue weighted by atomic mass is 16.3. The number of amides is 1. The summed E-state index contributed by atoms with van der Waals surface area (Å²) in [5.74, 6) is -0.00810. The Morgan fingerprint density at radius 3 is 2.64 bits per heavy atom. The molecule has 1 rings (SSSR count). The molecule has 0 aromatic carbocycles. The van der Waals surface area contributed by atoms with Crippen molar-refractivity contribution in [2.24, 2.45) is 5.73 Å². The third-order valence-electron chi connectivity index (χ3n) is 2.90. The first-order valence-electron chi connectivity index (χ1n) is 5.37. The lowest BCUT2D eigenvalue weighted by molar-refractivity contribution is -0.137. The molecule has 0 bridgehead atoms. The lowest BCUT2D eigenvalue weighted by atomic mass is 9.91. The quantitative estimate of drug-likeness (QED) is 0.661. The van der Waals surface area contributed by atoms with Gasteiger partial charge in [-0.1, -0.05) is 6.92 Å². The van der Waals surface area contributed by atoms with Gasteiger partial charge in [0.1, 0.15) is 0 Å². The average molecular weight is 200 g/mol. The monoisotopic (exact) mass is 200 g/mol. The third kappa shape index (κ3) is 2.45. The number of carbonyl (C=O) groups is 1. The van der Waals surface area contributed by atoms with Crippen molar-refractivity contribution in [2.45, 2.75) is 44.7 Å². The summed E-state index contributed by atoms with van der Waals surface area (Å²) in [7, 11) is 0. The van der Waals surface area contributed by atoms with E-state index < -0.39 is 6.04 Å². The summed E-state index contributed by atoms with van der Waals surface area (Å²) >= 11 is 0. The Bertz CT molecular complexity index is 193. The van der Waals surface area contributed by atoms with Gasteiger partial charge in [0.15, 0.2) is 0 Å². The van der Waals surface area contributed by atoms with Gasteiger partial charge in [0, 0.05) is 12.6 Å². The van der Waals surface area contributed by atoms with E-state index in [4.69, 9.17) is 10.8 Å². The van der Waals surface area contributed by atoms with Crippen LogP contribution in [0.5, 0.6) is 0 Å². The van der Waals surface area contributed by atoms with Crippen molar-refractivity contribution in [3.8, 4) is 0 Å². The predicted molar refractivity (Wildman–Crippen MR) is 54.7 cm³/mol. The van der Waals surface area contributed by atoms with Gasteiger partial charge in [-0.05, 0) is 25.7 Å². The number of carbonyl (C=O) groups excluding carboxylic acids is 1. The average Bonchev–Trinajstić information content (AvgIpc) is 2.12. The third-order valence-corrected chi connectivity index (χ3v) is 2.90. The maximum absolute atomic E-state index is 11.8.